The Hall–Kier alpha value is -3.99. The standard InChI is InChI=1S/C32H42FN5O5/c1-21(2)27(34-28(39)25-19-22(3)7-12-26(25)33)29(40)36-15-13-32(14-16-36)31(42)37(18-17-35(4)5)20-38(32)24-10-8-23(9-11-24)30(41)43-6/h7-12,19,21,27H,13-18,20H2,1-6H3,(H,34,39)/t27-/m1/s1. The van der Waals surface area contributed by atoms with E-state index in [-0.39, 0.29) is 23.3 Å². The molecule has 2 aliphatic rings. The van der Waals surface area contributed by atoms with Gasteiger partial charge in [-0.1, -0.05) is 25.5 Å². The molecule has 2 aliphatic heterocycles. The van der Waals surface area contributed by atoms with E-state index < -0.39 is 29.3 Å². The van der Waals surface area contributed by atoms with Gasteiger partial charge in [0.2, 0.25) is 11.8 Å². The molecule has 2 fully saturated rings. The first-order valence-corrected chi connectivity index (χ1v) is 14.6. The zero-order valence-electron chi connectivity index (χ0n) is 25.9. The number of carbonyl (C=O) groups is 4. The Bertz CT molecular complexity index is 1350. The molecular weight excluding hydrogens is 553 g/mol. The number of hydrogen-bond acceptors (Lipinski definition) is 7. The number of esters is 1. The van der Waals surface area contributed by atoms with Crippen LogP contribution in [0, 0.1) is 18.7 Å². The van der Waals surface area contributed by atoms with Crippen LogP contribution in [-0.4, -0.2) is 104 Å². The Labute approximate surface area is 252 Å². The maximum Gasteiger partial charge on any atom is 0.337 e. The number of rotatable bonds is 9. The highest BCUT2D eigenvalue weighted by Gasteiger charge is 2.54. The van der Waals surface area contributed by atoms with Crippen LogP contribution in [-0.2, 0) is 14.3 Å². The van der Waals surface area contributed by atoms with Crippen molar-refractivity contribution in [3.05, 3.63) is 65.0 Å². The molecule has 1 atom stereocenters. The molecule has 1 spiro atoms. The second-order valence-corrected chi connectivity index (χ2v) is 12.0. The summed E-state index contributed by atoms with van der Waals surface area (Å²) in [5.74, 6) is -2.19. The van der Waals surface area contributed by atoms with E-state index in [0.29, 0.717) is 51.3 Å². The molecule has 2 aromatic carbocycles. The van der Waals surface area contributed by atoms with Gasteiger partial charge in [0.25, 0.3) is 5.91 Å². The Morgan fingerprint density at radius 1 is 1.07 bits per heavy atom. The SMILES string of the molecule is COC(=O)c1ccc(N2CN(CCN(C)C)C(=O)C23CCN(C(=O)[C@H](NC(=O)c2cc(C)ccc2F)C(C)C)CC3)cc1. The minimum Gasteiger partial charge on any atom is -0.465 e. The molecule has 3 amide bonds. The summed E-state index contributed by atoms with van der Waals surface area (Å²) in [6.45, 7) is 7.75. The van der Waals surface area contributed by atoms with Gasteiger partial charge in [-0.25, -0.2) is 9.18 Å². The molecule has 2 saturated heterocycles. The fourth-order valence-electron chi connectivity index (χ4n) is 5.82. The third-order valence-corrected chi connectivity index (χ3v) is 8.42. The second kappa shape index (κ2) is 13.1. The van der Waals surface area contributed by atoms with E-state index in [4.69, 9.17) is 4.74 Å². The van der Waals surface area contributed by atoms with Crippen LogP contribution in [0.2, 0.25) is 0 Å². The minimum absolute atomic E-state index is 0.0159. The van der Waals surface area contributed by atoms with Crippen molar-refractivity contribution in [2.45, 2.75) is 45.2 Å². The molecule has 232 valence electrons. The van der Waals surface area contributed by atoms with Crippen molar-refractivity contribution in [3.8, 4) is 0 Å². The van der Waals surface area contributed by atoms with E-state index in [2.05, 4.69) is 10.2 Å². The number of amides is 3. The number of piperidine rings is 1. The van der Waals surface area contributed by atoms with Crippen LogP contribution < -0.4 is 10.2 Å². The number of halogens is 1. The number of hydrogen-bond donors (Lipinski definition) is 1. The van der Waals surface area contributed by atoms with Gasteiger partial charge >= 0.3 is 5.97 Å². The van der Waals surface area contributed by atoms with Crippen molar-refractivity contribution >= 4 is 29.4 Å². The smallest absolute Gasteiger partial charge is 0.337 e. The summed E-state index contributed by atoms with van der Waals surface area (Å²) >= 11 is 0. The number of carbonyl (C=O) groups excluding carboxylic acids is 4. The highest BCUT2D eigenvalue weighted by atomic mass is 19.1. The summed E-state index contributed by atoms with van der Waals surface area (Å²) < 4.78 is 19.2. The summed E-state index contributed by atoms with van der Waals surface area (Å²) in [5.41, 5.74) is 1.02. The van der Waals surface area contributed by atoms with Crippen molar-refractivity contribution in [3.63, 3.8) is 0 Å². The third-order valence-electron chi connectivity index (χ3n) is 8.42. The number of nitrogens with zero attached hydrogens (tertiary/aromatic N) is 4. The predicted molar refractivity (Wildman–Crippen MR) is 161 cm³/mol. The molecule has 0 bridgehead atoms. The van der Waals surface area contributed by atoms with Gasteiger partial charge in [0.1, 0.15) is 17.4 Å². The molecule has 2 aromatic rings. The number of benzene rings is 2. The van der Waals surface area contributed by atoms with Gasteiger partial charge in [0.15, 0.2) is 0 Å². The van der Waals surface area contributed by atoms with Gasteiger partial charge in [-0.2, -0.15) is 0 Å². The Balaban J connectivity index is 1.53. The molecule has 1 N–H and O–H groups in total. The van der Waals surface area contributed by atoms with Crippen LogP contribution in [0.25, 0.3) is 0 Å². The van der Waals surface area contributed by atoms with Crippen LogP contribution in [0.3, 0.4) is 0 Å². The predicted octanol–water partition coefficient (Wildman–Crippen LogP) is 2.90. The average molecular weight is 596 g/mol. The minimum atomic E-state index is -0.850. The topological polar surface area (TPSA) is 102 Å². The third kappa shape index (κ3) is 6.66. The lowest BCUT2D eigenvalue weighted by molar-refractivity contribution is -0.140. The quantitative estimate of drug-likeness (QED) is 0.445. The lowest BCUT2D eigenvalue weighted by Crippen LogP contribution is -2.60. The van der Waals surface area contributed by atoms with Gasteiger partial charge in [-0.15, -0.1) is 0 Å². The Morgan fingerprint density at radius 2 is 1.72 bits per heavy atom. The first-order valence-electron chi connectivity index (χ1n) is 14.6. The second-order valence-electron chi connectivity index (χ2n) is 12.0. The van der Waals surface area contributed by atoms with E-state index in [1.807, 2.05) is 49.9 Å². The number of methoxy groups -OCH3 is 1. The Kier molecular flexibility index (Phi) is 9.74. The van der Waals surface area contributed by atoms with Crippen molar-refractivity contribution in [1.29, 1.82) is 0 Å². The fourth-order valence-corrected chi connectivity index (χ4v) is 5.82. The molecule has 0 aliphatic carbocycles. The van der Waals surface area contributed by atoms with Gasteiger partial charge in [0.05, 0.1) is 24.9 Å². The Morgan fingerprint density at radius 3 is 2.30 bits per heavy atom. The molecule has 0 saturated carbocycles. The van der Waals surface area contributed by atoms with Crippen molar-refractivity contribution in [2.24, 2.45) is 5.92 Å². The molecule has 0 radical (unpaired) electrons. The number of aryl methyl sites for hydroxylation is 1. The van der Waals surface area contributed by atoms with Crippen LogP contribution in [0.4, 0.5) is 10.1 Å². The number of ether oxygens (including phenoxy) is 1. The maximum absolute atomic E-state index is 14.4. The zero-order chi connectivity index (χ0) is 31.5. The molecule has 10 nitrogen and oxygen atoms in total. The number of anilines is 1. The monoisotopic (exact) mass is 595 g/mol. The molecule has 0 aromatic heterocycles. The maximum atomic E-state index is 14.4. The normalized spacial score (nSPS) is 17.1. The molecule has 4 rings (SSSR count). The largest absolute Gasteiger partial charge is 0.465 e. The van der Waals surface area contributed by atoms with Gasteiger partial charge in [-0.05, 0) is 76.2 Å². The number of likely N-dealkylation sites (tertiary alicyclic amines) is 1. The summed E-state index contributed by atoms with van der Waals surface area (Å²) in [6, 6.07) is 10.5. The average Bonchev–Trinajstić information content (AvgIpc) is 3.25. The first-order chi connectivity index (χ1) is 20.4. The molecular formula is C32H42FN5O5. The lowest BCUT2D eigenvalue weighted by atomic mass is 9.84. The van der Waals surface area contributed by atoms with Crippen molar-refractivity contribution in [1.82, 2.24) is 20.0 Å². The van der Waals surface area contributed by atoms with E-state index >= 15 is 0 Å². The first kappa shape index (κ1) is 31.9. The molecule has 2 heterocycles. The summed E-state index contributed by atoms with van der Waals surface area (Å²) in [4.78, 5) is 60.3. The molecule has 11 heteroatoms. The van der Waals surface area contributed by atoms with E-state index in [9.17, 15) is 23.6 Å². The van der Waals surface area contributed by atoms with E-state index in [0.717, 1.165) is 11.3 Å². The highest BCUT2D eigenvalue weighted by Crippen LogP contribution is 2.40. The van der Waals surface area contributed by atoms with Crippen molar-refractivity contribution < 1.29 is 28.3 Å². The van der Waals surface area contributed by atoms with E-state index in [1.165, 1.54) is 19.2 Å². The van der Waals surface area contributed by atoms with Crippen LogP contribution in [0.15, 0.2) is 42.5 Å². The van der Waals surface area contributed by atoms with Crippen molar-refractivity contribution in [2.75, 3.05) is 59.0 Å². The van der Waals surface area contributed by atoms with Crippen LogP contribution in [0.1, 0.15) is 53.0 Å². The highest BCUT2D eigenvalue weighted by molar-refractivity contribution is 5.98. The summed E-state index contributed by atoms with van der Waals surface area (Å²) in [5, 5.41) is 2.76. The molecule has 43 heavy (non-hydrogen) atoms. The van der Waals surface area contributed by atoms with Crippen LogP contribution in [0.5, 0.6) is 0 Å². The summed E-state index contributed by atoms with van der Waals surface area (Å²) in [6.07, 6.45) is 0.806. The summed E-state index contributed by atoms with van der Waals surface area (Å²) in [7, 11) is 5.25. The number of likely N-dealkylation sites (N-methyl/N-ethyl adjacent to an activating group) is 1. The lowest BCUT2D eigenvalue weighted by Gasteiger charge is -2.44. The zero-order valence-corrected chi connectivity index (χ0v) is 25.9. The van der Waals surface area contributed by atoms with Gasteiger partial charge in [0, 0.05) is 31.9 Å². The van der Waals surface area contributed by atoms with Gasteiger partial charge < -0.3 is 29.7 Å². The van der Waals surface area contributed by atoms with E-state index in [1.54, 1.807) is 30.0 Å². The fraction of sp³-hybridized carbons (Fsp3) is 0.500. The number of nitrogens with one attached hydrogen (secondary N) is 1. The van der Waals surface area contributed by atoms with Crippen LogP contribution >= 0.6 is 0 Å². The molecule has 0 unspecified atom stereocenters. The van der Waals surface area contributed by atoms with Gasteiger partial charge in [-0.3, -0.25) is 14.4 Å².